The lowest BCUT2D eigenvalue weighted by atomic mass is 10.1. The molecule has 0 atom stereocenters. The molecule has 0 radical (unpaired) electrons. The standard InChI is InChI=1S/C21H22N2O5/c24-19(25)9-6-14-4-3-5-15(12-14)22-20(26)23-16-7-8-17-18(13-16)28-21(27-17)10-1-2-11-21/h3-5,7-8,12-13H,1-2,6,9-11H2,(H,24,25)(H2,22,23,26). The predicted molar refractivity (Wildman–Crippen MR) is 104 cm³/mol. The number of carbonyl (C=O) groups excluding carboxylic acids is 1. The summed E-state index contributed by atoms with van der Waals surface area (Å²) < 4.78 is 12.0. The first-order valence-electron chi connectivity index (χ1n) is 9.42. The third-order valence-corrected chi connectivity index (χ3v) is 4.97. The first-order valence-corrected chi connectivity index (χ1v) is 9.42. The fourth-order valence-corrected chi connectivity index (χ4v) is 3.64. The molecule has 0 bridgehead atoms. The van der Waals surface area contributed by atoms with Crippen LogP contribution >= 0.6 is 0 Å². The highest BCUT2D eigenvalue weighted by atomic mass is 16.7. The van der Waals surface area contributed by atoms with Gasteiger partial charge in [0.05, 0.1) is 0 Å². The van der Waals surface area contributed by atoms with E-state index in [4.69, 9.17) is 14.6 Å². The number of hydrogen-bond donors (Lipinski definition) is 3. The Morgan fingerprint density at radius 2 is 1.68 bits per heavy atom. The lowest BCUT2D eigenvalue weighted by Gasteiger charge is -2.21. The minimum atomic E-state index is -0.849. The maximum absolute atomic E-state index is 12.3. The average Bonchev–Trinajstić information content (AvgIpc) is 3.26. The molecule has 0 saturated heterocycles. The van der Waals surface area contributed by atoms with Crippen molar-refractivity contribution in [2.24, 2.45) is 0 Å². The lowest BCUT2D eigenvalue weighted by Crippen LogP contribution is -2.34. The van der Waals surface area contributed by atoms with E-state index in [0.717, 1.165) is 31.2 Å². The van der Waals surface area contributed by atoms with Crippen molar-refractivity contribution in [3.8, 4) is 11.5 Å². The molecule has 2 aromatic rings. The number of aliphatic carboxylic acids is 1. The number of fused-ring (bicyclic) bond motifs is 1. The molecular weight excluding hydrogens is 360 g/mol. The summed E-state index contributed by atoms with van der Waals surface area (Å²) in [6.45, 7) is 0. The van der Waals surface area contributed by atoms with Gasteiger partial charge in [-0.05, 0) is 49.1 Å². The Morgan fingerprint density at radius 3 is 2.43 bits per heavy atom. The molecule has 2 aliphatic rings. The molecule has 28 heavy (non-hydrogen) atoms. The molecule has 1 aliphatic carbocycles. The number of carboxylic acids is 1. The van der Waals surface area contributed by atoms with Gasteiger partial charge in [0.2, 0.25) is 0 Å². The zero-order valence-electron chi connectivity index (χ0n) is 15.4. The Balaban J connectivity index is 1.37. The van der Waals surface area contributed by atoms with E-state index in [-0.39, 0.29) is 12.5 Å². The van der Waals surface area contributed by atoms with Crippen molar-refractivity contribution in [2.75, 3.05) is 10.6 Å². The number of urea groups is 1. The number of carboxylic acid groups (broad SMARTS) is 1. The van der Waals surface area contributed by atoms with Crippen LogP contribution in [0.25, 0.3) is 0 Å². The highest BCUT2D eigenvalue weighted by Crippen LogP contribution is 2.47. The van der Waals surface area contributed by atoms with Gasteiger partial charge < -0.3 is 25.2 Å². The predicted octanol–water partition coefficient (Wildman–Crippen LogP) is 4.39. The monoisotopic (exact) mass is 382 g/mol. The van der Waals surface area contributed by atoms with Crippen molar-refractivity contribution in [2.45, 2.75) is 44.3 Å². The van der Waals surface area contributed by atoms with Gasteiger partial charge in [-0.15, -0.1) is 0 Å². The molecule has 3 N–H and O–H groups in total. The van der Waals surface area contributed by atoms with Gasteiger partial charge in [-0.2, -0.15) is 0 Å². The molecule has 7 nitrogen and oxygen atoms in total. The van der Waals surface area contributed by atoms with E-state index in [2.05, 4.69) is 10.6 Å². The maximum Gasteiger partial charge on any atom is 0.323 e. The molecule has 7 heteroatoms. The van der Waals surface area contributed by atoms with Gasteiger partial charge in [0.15, 0.2) is 11.5 Å². The molecule has 146 valence electrons. The largest absolute Gasteiger partial charge is 0.481 e. The molecule has 0 aromatic heterocycles. The summed E-state index contributed by atoms with van der Waals surface area (Å²) in [6, 6.07) is 12.1. The minimum absolute atomic E-state index is 0.0499. The molecular formula is C21H22N2O5. The minimum Gasteiger partial charge on any atom is -0.481 e. The van der Waals surface area contributed by atoms with E-state index in [1.807, 2.05) is 12.1 Å². The van der Waals surface area contributed by atoms with Crippen LogP contribution in [0.5, 0.6) is 11.5 Å². The van der Waals surface area contributed by atoms with Crippen molar-refractivity contribution >= 4 is 23.4 Å². The highest BCUT2D eigenvalue weighted by molar-refractivity contribution is 6.00. The normalized spacial score (nSPS) is 16.1. The Labute approximate surface area is 162 Å². The van der Waals surface area contributed by atoms with E-state index in [1.54, 1.807) is 30.3 Å². The number of amides is 2. The van der Waals surface area contributed by atoms with E-state index >= 15 is 0 Å². The van der Waals surface area contributed by atoms with Gasteiger partial charge in [0.25, 0.3) is 5.79 Å². The molecule has 2 amide bonds. The fraction of sp³-hybridized carbons (Fsp3) is 0.333. The van der Waals surface area contributed by atoms with Crippen LogP contribution in [0.3, 0.4) is 0 Å². The van der Waals surface area contributed by atoms with Crippen LogP contribution in [0.2, 0.25) is 0 Å². The van der Waals surface area contributed by atoms with Crippen molar-refractivity contribution in [1.82, 2.24) is 0 Å². The number of benzene rings is 2. The lowest BCUT2D eigenvalue weighted by molar-refractivity contribution is -0.136. The summed E-state index contributed by atoms with van der Waals surface area (Å²) in [5.74, 6) is -0.0211. The van der Waals surface area contributed by atoms with E-state index in [0.29, 0.717) is 29.3 Å². The second-order valence-electron chi connectivity index (χ2n) is 7.16. The number of anilines is 2. The van der Waals surface area contributed by atoms with Crippen LogP contribution in [-0.2, 0) is 11.2 Å². The molecule has 1 aliphatic heterocycles. The summed E-state index contributed by atoms with van der Waals surface area (Å²) in [4.78, 5) is 23.0. The van der Waals surface area contributed by atoms with Gasteiger partial charge in [0.1, 0.15) is 0 Å². The third-order valence-electron chi connectivity index (χ3n) is 4.97. The number of hydrogen-bond acceptors (Lipinski definition) is 4. The number of aryl methyl sites for hydroxylation is 1. The first kappa shape index (κ1) is 18.2. The SMILES string of the molecule is O=C(O)CCc1cccc(NC(=O)Nc2ccc3c(c2)OC2(CCCC2)O3)c1. The van der Waals surface area contributed by atoms with Crippen LogP contribution in [0.4, 0.5) is 16.2 Å². The van der Waals surface area contributed by atoms with Crippen molar-refractivity contribution < 1.29 is 24.2 Å². The van der Waals surface area contributed by atoms with Gasteiger partial charge in [0, 0.05) is 36.7 Å². The topological polar surface area (TPSA) is 96.9 Å². The number of rotatable bonds is 5. The second kappa shape index (κ2) is 7.42. The average molecular weight is 382 g/mol. The van der Waals surface area contributed by atoms with Crippen molar-refractivity contribution in [3.05, 3.63) is 48.0 Å². The Bertz CT molecular complexity index is 905. The van der Waals surface area contributed by atoms with Crippen LogP contribution in [0, 0.1) is 0 Å². The maximum atomic E-state index is 12.3. The molecule has 1 fully saturated rings. The summed E-state index contributed by atoms with van der Waals surface area (Å²) >= 11 is 0. The molecule has 1 saturated carbocycles. The molecule has 4 rings (SSSR count). The number of ether oxygens (including phenoxy) is 2. The second-order valence-corrected chi connectivity index (χ2v) is 7.16. The van der Waals surface area contributed by atoms with Gasteiger partial charge >= 0.3 is 12.0 Å². The Hall–Kier alpha value is -3.22. The number of nitrogens with one attached hydrogen (secondary N) is 2. The zero-order chi connectivity index (χ0) is 19.6. The number of carbonyl (C=O) groups is 2. The Kier molecular flexibility index (Phi) is 4.81. The highest BCUT2D eigenvalue weighted by Gasteiger charge is 2.44. The summed E-state index contributed by atoms with van der Waals surface area (Å²) in [7, 11) is 0. The quantitative estimate of drug-likeness (QED) is 0.713. The van der Waals surface area contributed by atoms with Gasteiger partial charge in [-0.1, -0.05) is 12.1 Å². The zero-order valence-corrected chi connectivity index (χ0v) is 15.4. The van der Waals surface area contributed by atoms with Crippen LogP contribution in [-0.4, -0.2) is 22.9 Å². The first-order chi connectivity index (χ1) is 13.5. The molecule has 2 aromatic carbocycles. The van der Waals surface area contributed by atoms with Crippen molar-refractivity contribution in [3.63, 3.8) is 0 Å². The van der Waals surface area contributed by atoms with Crippen LogP contribution in [0.15, 0.2) is 42.5 Å². The third kappa shape index (κ3) is 4.03. The summed E-state index contributed by atoms with van der Waals surface area (Å²) in [5, 5.41) is 14.3. The summed E-state index contributed by atoms with van der Waals surface area (Å²) in [5.41, 5.74) is 2.06. The van der Waals surface area contributed by atoms with E-state index in [9.17, 15) is 9.59 Å². The smallest absolute Gasteiger partial charge is 0.323 e. The van der Waals surface area contributed by atoms with Gasteiger partial charge in [-0.25, -0.2) is 4.79 Å². The Morgan fingerprint density at radius 1 is 0.964 bits per heavy atom. The van der Waals surface area contributed by atoms with E-state index < -0.39 is 11.8 Å². The van der Waals surface area contributed by atoms with Gasteiger partial charge in [-0.3, -0.25) is 4.79 Å². The molecule has 1 heterocycles. The fourth-order valence-electron chi connectivity index (χ4n) is 3.64. The van der Waals surface area contributed by atoms with Crippen molar-refractivity contribution in [1.29, 1.82) is 0 Å². The van der Waals surface area contributed by atoms with Crippen LogP contribution < -0.4 is 20.1 Å². The van der Waals surface area contributed by atoms with E-state index in [1.165, 1.54) is 0 Å². The van der Waals surface area contributed by atoms with Crippen LogP contribution in [0.1, 0.15) is 37.7 Å². The molecule has 1 spiro atoms. The summed E-state index contributed by atoms with van der Waals surface area (Å²) in [6.07, 6.45) is 4.40. The molecule has 0 unspecified atom stereocenters.